The Bertz CT molecular complexity index is 155. The second-order valence-corrected chi connectivity index (χ2v) is 2.81. The Balaban J connectivity index is 0.00000144. The van der Waals surface area contributed by atoms with Crippen LogP contribution >= 0.6 is 0 Å². The van der Waals surface area contributed by atoms with Crippen molar-refractivity contribution in [3.8, 4) is 0 Å². The van der Waals surface area contributed by atoms with E-state index in [1.54, 1.807) is 0 Å². The van der Waals surface area contributed by atoms with Crippen LogP contribution < -0.4 is 5.73 Å². The van der Waals surface area contributed by atoms with Crippen molar-refractivity contribution in [2.24, 2.45) is 5.73 Å². The van der Waals surface area contributed by atoms with Gasteiger partial charge in [-0.2, -0.15) is 0 Å². The molecule has 1 heterocycles. The van der Waals surface area contributed by atoms with E-state index in [9.17, 15) is 10.2 Å². The highest BCUT2D eigenvalue weighted by molar-refractivity contribution is 4.90. The first kappa shape index (κ1) is 12.7. The van der Waals surface area contributed by atoms with Gasteiger partial charge in [0.1, 0.15) is 18.3 Å². The molecule has 0 unspecified atom stereocenters. The smallest absolute Gasteiger partial charge is 0.173 e. The molecule has 1 fully saturated rings. The summed E-state index contributed by atoms with van der Waals surface area (Å²) in [6.07, 6.45) is -4.85. The van der Waals surface area contributed by atoms with Gasteiger partial charge in [0.15, 0.2) is 6.29 Å². The Hall–Kier alpha value is -0.310. The molecule has 0 radical (unpaired) electrons. The number of nitrogens with two attached hydrogens (primary N) is 1. The van der Waals surface area contributed by atoms with Gasteiger partial charge in [0.2, 0.25) is 0 Å². The van der Waals surface area contributed by atoms with Gasteiger partial charge in [0.25, 0.3) is 0 Å². The number of rotatable bonds is 1. The monoisotopic (exact) mass is 199 g/mol. The molecule has 6 N–H and O–H groups in total. The molecule has 0 aromatic heterocycles. The van der Waals surface area contributed by atoms with Crippen LogP contribution in [-0.4, -0.2) is 57.7 Å². The summed E-state index contributed by atoms with van der Waals surface area (Å²) in [6, 6.07) is -1.04. The molecule has 1 saturated heterocycles. The molecule has 6 nitrogen and oxygen atoms in total. The Kier molecular flexibility index (Phi) is 4.68. The lowest BCUT2D eigenvalue weighted by Gasteiger charge is -2.38. The van der Waals surface area contributed by atoms with Crippen LogP contribution in [0.15, 0.2) is 0 Å². The Morgan fingerprint density at radius 3 is 2.15 bits per heavy atom. The number of aliphatic hydroxyl groups is 4. The largest absolute Gasteiger partial charge is 0.394 e. The summed E-state index contributed by atoms with van der Waals surface area (Å²) < 4.78 is 4.70. The zero-order chi connectivity index (χ0) is 9.30. The highest BCUT2D eigenvalue weighted by Gasteiger charge is 2.41. The highest BCUT2D eigenvalue weighted by Crippen LogP contribution is 2.17. The molecule has 80 valence electrons. The molecule has 0 amide bonds. The van der Waals surface area contributed by atoms with E-state index in [2.05, 4.69) is 0 Å². The number of halogens is 1. The van der Waals surface area contributed by atoms with Crippen LogP contribution in [0, 0.1) is 0 Å². The molecule has 1 aliphatic rings. The maximum atomic E-state index is 9.20. The number of aliphatic hydroxyl groups excluding tert-OH is 4. The van der Waals surface area contributed by atoms with Crippen LogP contribution in [0.5, 0.6) is 0 Å². The van der Waals surface area contributed by atoms with Crippen LogP contribution in [-0.2, 0) is 4.74 Å². The summed E-state index contributed by atoms with van der Waals surface area (Å²) >= 11 is 0. The van der Waals surface area contributed by atoms with Gasteiger partial charge in [0, 0.05) is 0 Å². The molecule has 0 aliphatic carbocycles. The van der Waals surface area contributed by atoms with E-state index in [-0.39, 0.29) is 4.70 Å². The summed E-state index contributed by atoms with van der Waals surface area (Å²) in [4.78, 5) is 0. The van der Waals surface area contributed by atoms with Crippen LogP contribution in [0.4, 0.5) is 4.70 Å². The van der Waals surface area contributed by atoms with Crippen molar-refractivity contribution in [3.05, 3.63) is 0 Å². The summed E-state index contributed by atoms with van der Waals surface area (Å²) in [5, 5.41) is 36.1. The van der Waals surface area contributed by atoms with Gasteiger partial charge in [-0.3, -0.25) is 4.70 Å². The average Bonchev–Trinajstić information content (AvgIpc) is 2.08. The van der Waals surface area contributed by atoms with E-state index in [1.807, 2.05) is 0 Å². The minimum absolute atomic E-state index is 0. The van der Waals surface area contributed by atoms with Crippen molar-refractivity contribution >= 4 is 0 Å². The quantitative estimate of drug-likeness (QED) is 0.305. The van der Waals surface area contributed by atoms with Gasteiger partial charge in [-0.1, -0.05) is 0 Å². The van der Waals surface area contributed by atoms with Gasteiger partial charge in [-0.05, 0) is 0 Å². The van der Waals surface area contributed by atoms with Crippen molar-refractivity contribution in [2.75, 3.05) is 6.61 Å². The second-order valence-electron chi connectivity index (χ2n) is 2.81. The van der Waals surface area contributed by atoms with Crippen molar-refractivity contribution in [1.82, 2.24) is 0 Å². The Labute approximate surface area is 73.9 Å². The Morgan fingerprint density at radius 2 is 1.69 bits per heavy atom. The molecular weight excluding hydrogens is 185 g/mol. The molecule has 7 heteroatoms. The molecule has 0 bridgehead atoms. The van der Waals surface area contributed by atoms with Crippen molar-refractivity contribution in [1.29, 1.82) is 0 Å². The van der Waals surface area contributed by atoms with Crippen LogP contribution in [0.2, 0.25) is 0 Å². The maximum absolute atomic E-state index is 9.20. The molecule has 13 heavy (non-hydrogen) atoms. The minimum Gasteiger partial charge on any atom is -0.394 e. The van der Waals surface area contributed by atoms with Crippen molar-refractivity contribution in [2.45, 2.75) is 30.6 Å². The predicted octanol–water partition coefficient (Wildman–Crippen LogP) is -3.10. The van der Waals surface area contributed by atoms with Crippen LogP contribution in [0.25, 0.3) is 0 Å². The lowest BCUT2D eigenvalue weighted by atomic mass is 9.98. The summed E-state index contributed by atoms with van der Waals surface area (Å²) in [7, 11) is 0. The van der Waals surface area contributed by atoms with Gasteiger partial charge in [-0.25, -0.2) is 0 Å². The first-order chi connectivity index (χ1) is 5.57. The number of hydrogen-bond donors (Lipinski definition) is 5. The summed E-state index contributed by atoms with van der Waals surface area (Å²) in [5.74, 6) is 0. The fourth-order valence-electron chi connectivity index (χ4n) is 1.12. The minimum atomic E-state index is -1.35. The zero-order valence-electron chi connectivity index (χ0n) is 6.78. The van der Waals surface area contributed by atoms with Crippen molar-refractivity contribution < 1.29 is 29.9 Å². The molecule has 1 aliphatic heterocycles. The van der Waals surface area contributed by atoms with Gasteiger partial charge >= 0.3 is 0 Å². The maximum Gasteiger partial charge on any atom is 0.173 e. The van der Waals surface area contributed by atoms with Crippen LogP contribution in [0.3, 0.4) is 0 Å². The van der Waals surface area contributed by atoms with Crippen LogP contribution in [0.1, 0.15) is 0 Å². The summed E-state index contributed by atoms with van der Waals surface area (Å²) in [5.41, 5.74) is 5.26. The predicted molar refractivity (Wildman–Crippen MR) is 40.5 cm³/mol. The molecule has 5 atom stereocenters. The zero-order valence-corrected chi connectivity index (χ0v) is 6.78. The van der Waals surface area contributed by atoms with E-state index < -0.39 is 37.3 Å². The molecule has 0 aromatic carbocycles. The average molecular weight is 199 g/mol. The van der Waals surface area contributed by atoms with E-state index in [0.29, 0.717) is 0 Å². The van der Waals surface area contributed by atoms with Gasteiger partial charge < -0.3 is 30.9 Å². The molecule has 0 saturated carbocycles. The topological polar surface area (TPSA) is 116 Å². The molecule has 0 spiro atoms. The van der Waals surface area contributed by atoms with E-state index in [0.717, 1.165) is 0 Å². The Morgan fingerprint density at radius 1 is 1.15 bits per heavy atom. The number of ether oxygens (including phenoxy) is 1. The summed E-state index contributed by atoms with van der Waals surface area (Å²) in [6.45, 7) is -0.470. The first-order valence-corrected chi connectivity index (χ1v) is 3.64. The van der Waals surface area contributed by atoms with E-state index in [4.69, 9.17) is 20.7 Å². The lowest BCUT2D eigenvalue weighted by molar-refractivity contribution is -0.248. The third-order valence-corrected chi connectivity index (χ3v) is 1.95. The SMILES string of the molecule is F.N[C@@H]1[C@@H](O)[C@H](O)[C@@H](CO)O[C@H]1O. The van der Waals surface area contributed by atoms with Gasteiger partial charge in [-0.15, -0.1) is 0 Å². The van der Waals surface area contributed by atoms with E-state index in [1.165, 1.54) is 0 Å². The molecule has 1 rings (SSSR count). The van der Waals surface area contributed by atoms with E-state index >= 15 is 0 Å². The second kappa shape index (κ2) is 4.80. The van der Waals surface area contributed by atoms with Crippen molar-refractivity contribution in [3.63, 3.8) is 0 Å². The molecule has 0 aromatic rings. The lowest BCUT2D eigenvalue weighted by Crippen LogP contribution is -2.61. The third-order valence-electron chi connectivity index (χ3n) is 1.95. The molecular formula is C6H14FNO5. The number of hydrogen-bond acceptors (Lipinski definition) is 6. The highest BCUT2D eigenvalue weighted by atomic mass is 19.0. The first-order valence-electron chi connectivity index (χ1n) is 3.64. The van der Waals surface area contributed by atoms with Gasteiger partial charge in [0.05, 0.1) is 12.6 Å². The standard InChI is InChI=1S/C6H13NO5.FH/c7-3-5(10)4(9)2(1-8)12-6(3)11;/h2-6,8-11H,1,7H2;1H/t2-,3-,4-,5-,6-;/m1./s1. The fourth-order valence-corrected chi connectivity index (χ4v) is 1.12. The fraction of sp³-hybridized carbons (Fsp3) is 1.00. The normalized spacial score (nSPS) is 45.5. The third kappa shape index (κ3) is 2.33.